The van der Waals surface area contributed by atoms with Crippen molar-refractivity contribution in [2.24, 2.45) is 5.73 Å². The lowest BCUT2D eigenvalue weighted by Gasteiger charge is -2.30. The van der Waals surface area contributed by atoms with Gasteiger partial charge in [0.1, 0.15) is 9.77 Å². The smallest absolute Gasteiger partial charge is 0.265 e. The number of rotatable bonds is 3. The molecule has 1 fully saturated rings. The molecule has 2 N–H and O–H groups in total. The Morgan fingerprint density at radius 2 is 2.14 bits per heavy atom. The molecule has 1 atom stereocenters. The van der Waals surface area contributed by atoms with Crippen molar-refractivity contribution >= 4 is 39.7 Å². The Balaban J connectivity index is 0.00000220. The van der Waals surface area contributed by atoms with E-state index in [0.717, 1.165) is 28.5 Å². The van der Waals surface area contributed by atoms with Crippen molar-refractivity contribution in [3.05, 3.63) is 16.3 Å². The molecule has 120 valence electrons. The number of likely N-dealkylation sites (tertiary alicyclic amines) is 1. The number of carbonyl (C=O) groups excluding carboxylic acids is 1. The van der Waals surface area contributed by atoms with Crippen molar-refractivity contribution in [2.75, 3.05) is 27.2 Å². The van der Waals surface area contributed by atoms with Crippen LogP contribution in [0.15, 0.2) is 16.3 Å². The number of hydrogen-bond acceptors (Lipinski definition) is 5. The third kappa shape index (κ3) is 3.75. The van der Waals surface area contributed by atoms with Gasteiger partial charge in [0.15, 0.2) is 0 Å². The first-order chi connectivity index (χ1) is 9.34. The third-order valence-corrected chi connectivity index (χ3v) is 6.22. The number of halogens is 1. The van der Waals surface area contributed by atoms with Crippen molar-refractivity contribution in [2.45, 2.75) is 23.8 Å². The zero-order chi connectivity index (χ0) is 14.9. The summed E-state index contributed by atoms with van der Waals surface area (Å²) in [7, 11) is -0.684. The Morgan fingerprint density at radius 3 is 2.71 bits per heavy atom. The van der Waals surface area contributed by atoms with Crippen LogP contribution >= 0.6 is 23.7 Å². The largest absolute Gasteiger partial charge is 0.336 e. The maximum absolute atomic E-state index is 12.5. The van der Waals surface area contributed by atoms with E-state index < -0.39 is 10.0 Å². The van der Waals surface area contributed by atoms with E-state index in [1.54, 1.807) is 10.3 Å². The molecule has 0 bridgehead atoms. The van der Waals surface area contributed by atoms with Crippen LogP contribution in [0.1, 0.15) is 22.5 Å². The molecule has 0 saturated carbocycles. The predicted molar refractivity (Wildman–Crippen MR) is 85.6 cm³/mol. The molecule has 1 aliphatic rings. The van der Waals surface area contributed by atoms with Gasteiger partial charge in [0.25, 0.3) is 5.91 Å². The molecule has 1 aromatic rings. The third-order valence-electron chi connectivity index (χ3n) is 3.33. The van der Waals surface area contributed by atoms with E-state index in [4.69, 9.17) is 5.73 Å². The summed E-state index contributed by atoms with van der Waals surface area (Å²) in [4.78, 5) is 14.5. The van der Waals surface area contributed by atoms with Crippen LogP contribution in [0.4, 0.5) is 0 Å². The Hall–Kier alpha value is -0.670. The Morgan fingerprint density at radius 1 is 1.48 bits per heavy atom. The summed E-state index contributed by atoms with van der Waals surface area (Å²) < 4.78 is 25.5. The van der Waals surface area contributed by atoms with Crippen LogP contribution in [-0.4, -0.2) is 56.8 Å². The van der Waals surface area contributed by atoms with Crippen molar-refractivity contribution in [1.82, 2.24) is 9.21 Å². The van der Waals surface area contributed by atoms with Gasteiger partial charge >= 0.3 is 0 Å². The maximum atomic E-state index is 12.5. The van der Waals surface area contributed by atoms with Gasteiger partial charge in [0.2, 0.25) is 10.0 Å². The molecule has 1 aliphatic heterocycles. The van der Waals surface area contributed by atoms with Gasteiger partial charge in [-0.3, -0.25) is 4.79 Å². The number of nitrogens with zero attached hydrogens (tertiary/aromatic N) is 2. The summed E-state index contributed by atoms with van der Waals surface area (Å²) in [5, 5.41) is 1.63. The number of amides is 1. The van der Waals surface area contributed by atoms with Crippen LogP contribution in [-0.2, 0) is 10.0 Å². The lowest BCUT2D eigenvalue weighted by atomic mass is 10.1. The lowest BCUT2D eigenvalue weighted by molar-refractivity contribution is 0.0710. The maximum Gasteiger partial charge on any atom is 0.265 e. The average molecular weight is 354 g/mol. The molecule has 2 rings (SSSR count). The summed E-state index contributed by atoms with van der Waals surface area (Å²) in [6.07, 6.45) is 1.76. The van der Waals surface area contributed by atoms with Crippen LogP contribution in [0, 0.1) is 0 Å². The highest BCUT2D eigenvalue weighted by molar-refractivity contribution is 7.89. The predicted octanol–water partition coefficient (Wildman–Crippen LogP) is 0.984. The standard InChI is InChI=1S/C12H19N3O3S2.ClH/c1-14(2)20(17,18)10-5-7-19-11(10)12(16)15-6-3-4-9(13)8-15;/h5,7,9H,3-4,6,8,13H2,1-2H3;1H. The number of hydrogen-bond donors (Lipinski definition) is 1. The summed E-state index contributed by atoms with van der Waals surface area (Å²) >= 11 is 1.16. The minimum absolute atomic E-state index is 0. The van der Waals surface area contributed by atoms with Gasteiger partial charge in [0.05, 0.1) is 0 Å². The Labute approximate surface area is 135 Å². The second-order valence-electron chi connectivity index (χ2n) is 5.05. The van der Waals surface area contributed by atoms with Gasteiger partial charge in [-0.1, -0.05) is 0 Å². The lowest BCUT2D eigenvalue weighted by Crippen LogP contribution is -2.45. The minimum atomic E-state index is -3.60. The summed E-state index contributed by atoms with van der Waals surface area (Å²) in [5.74, 6) is -0.240. The van der Waals surface area contributed by atoms with Gasteiger partial charge in [-0.05, 0) is 24.3 Å². The molecule has 1 aromatic heterocycles. The van der Waals surface area contributed by atoms with Crippen LogP contribution in [0.3, 0.4) is 0 Å². The first-order valence-electron chi connectivity index (χ1n) is 6.39. The highest BCUT2D eigenvalue weighted by Gasteiger charge is 2.30. The molecule has 0 spiro atoms. The van der Waals surface area contributed by atoms with E-state index in [9.17, 15) is 13.2 Å². The fraction of sp³-hybridized carbons (Fsp3) is 0.583. The summed E-state index contributed by atoms with van der Waals surface area (Å²) in [6, 6.07) is 1.46. The normalized spacial score (nSPS) is 19.4. The van der Waals surface area contributed by atoms with E-state index in [2.05, 4.69) is 0 Å². The van der Waals surface area contributed by atoms with Gasteiger partial charge < -0.3 is 10.6 Å². The van der Waals surface area contributed by atoms with Crippen molar-refractivity contribution < 1.29 is 13.2 Å². The number of nitrogens with two attached hydrogens (primary N) is 1. The minimum Gasteiger partial charge on any atom is -0.336 e. The van der Waals surface area contributed by atoms with Gasteiger partial charge in [0, 0.05) is 33.2 Å². The molecule has 9 heteroatoms. The fourth-order valence-electron chi connectivity index (χ4n) is 2.19. The SMILES string of the molecule is CN(C)S(=O)(=O)c1ccsc1C(=O)N1CCCC(N)C1.Cl. The number of carbonyl (C=O) groups is 1. The first kappa shape index (κ1) is 18.4. The van der Waals surface area contributed by atoms with Crippen LogP contribution in [0.25, 0.3) is 0 Å². The van der Waals surface area contributed by atoms with Crippen molar-refractivity contribution in [3.8, 4) is 0 Å². The molecular formula is C12H20ClN3O3S2. The molecule has 1 saturated heterocycles. The monoisotopic (exact) mass is 353 g/mol. The first-order valence-corrected chi connectivity index (χ1v) is 8.71. The quantitative estimate of drug-likeness (QED) is 0.878. The van der Waals surface area contributed by atoms with Gasteiger partial charge in [-0.25, -0.2) is 12.7 Å². The van der Waals surface area contributed by atoms with Crippen LogP contribution in [0.2, 0.25) is 0 Å². The van der Waals surface area contributed by atoms with Crippen LogP contribution < -0.4 is 5.73 Å². The van der Waals surface area contributed by atoms with Crippen molar-refractivity contribution in [3.63, 3.8) is 0 Å². The highest BCUT2D eigenvalue weighted by atomic mass is 35.5. The topological polar surface area (TPSA) is 83.7 Å². The van der Waals surface area contributed by atoms with Crippen molar-refractivity contribution in [1.29, 1.82) is 0 Å². The molecule has 6 nitrogen and oxygen atoms in total. The molecule has 2 heterocycles. The molecule has 1 unspecified atom stereocenters. The molecule has 0 aliphatic carbocycles. The second-order valence-corrected chi connectivity index (χ2v) is 8.09. The van der Waals surface area contributed by atoms with Gasteiger partial charge in [-0.2, -0.15) is 0 Å². The average Bonchev–Trinajstić information content (AvgIpc) is 2.87. The highest BCUT2D eigenvalue weighted by Crippen LogP contribution is 2.26. The zero-order valence-corrected chi connectivity index (χ0v) is 14.4. The number of sulfonamides is 1. The zero-order valence-electron chi connectivity index (χ0n) is 12.0. The van der Waals surface area contributed by atoms with E-state index in [0.29, 0.717) is 13.1 Å². The summed E-state index contributed by atoms with van der Waals surface area (Å²) in [5.41, 5.74) is 5.87. The number of thiophene rings is 1. The second kappa shape index (κ2) is 7.06. The van der Waals surface area contributed by atoms with Crippen LogP contribution in [0.5, 0.6) is 0 Å². The van der Waals surface area contributed by atoms with E-state index in [-0.39, 0.29) is 34.1 Å². The molecular weight excluding hydrogens is 334 g/mol. The Kier molecular flexibility index (Phi) is 6.18. The van der Waals surface area contributed by atoms with E-state index in [1.807, 2.05) is 0 Å². The Bertz CT molecular complexity index is 601. The molecule has 0 aromatic carbocycles. The van der Waals surface area contributed by atoms with Gasteiger partial charge in [-0.15, -0.1) is 23.7 Å². The van der Waals surface area contributed by atoms with E-state index in [1.165, 1.54) is 20.2 Å². The number of piperidine rings is 1. The fourth-order valence-corrected chi connectivity index (χ4v) is 4.45. The molecule has 0 radical (unpaired) electrons. The summed E-state index contributed by atoms with van der Waals surface area (Å²) in [6.45, 7) is 1.12. The molecule has 21 heavy (non-hydrogen) atoms. The van der Waals surface area contributed by atoms with E-state index >= 15 is 0 Å². The molecule has 1 amide bonds.